The maximum atomic E-state index is 12.3. The van der Waals surface area contributed by atoms with Crippen molar-refractivity contribution in [3.8, 4) is 0 Å². The van der Waals surface area contributed by atoms with E-state index in [0.717, 1.165) is 17.3 Å². The maximum Gasteiger partial charge on any atom is 0.289 e. The Bertz CT molecular complexity index is 569. The van der Waals surface area contributed by atoms with E-state index in [2.05, 4.69) is 4.98 Å². The molecule has 0 bridgehead atoms. The Hall–Kier alpha value is -1.89. The van der Waals surface area contributed by atoms with Crippen molar-refractivity contribution in [3.05, 3.63) is 30.1 Å². The van der Waals surface area contributed by atoms with Crippen molar-refractivity contribution >= 4 is 28.8 Å². The molecule has 6 nitrogen and oxygen atoms in total. The number of pyridine rings is 1. The van der Waals surface area contributed by atoms with Crippen LogP contribution in [0.2, 0.25) is 0 Å². The number of nitrogens with zero attached hydrogens (tertiary/aromatic N) is 3. The van der Waals surface area contributed by atoms with Gasteiger partial charge in [-0.15, -0.1) is 0 Å². The topological polar surface area (TPSA) is 70.6 Å². The fourth-order valence-corrected chi connectivity index (χ4v) is 3.66. The second-order valence-electron chi connectivity index (χ2n) is 5.47. The van der Waals surface area contributed by atoms with Gasteiger partial charge in [-0.25, -0.2) is 0 Å². The molecule has 3 rings (SSSR count). The molecule has 7 heteroatoms. The number of piperidine rings is 1. The Morgan fingerprint density at radius 2 is 2.09 bits per heavy atom. The van der Waals surface area contributed by atoms with Gasteiger partial charge >= 0.3 is 0 Å². The average Bonchev–Trinajstić information content (AvgIpc) is 2.87. The van der Waals surface area contributed by atoms with Crippen molar-refractivity contribution in [2.45, 2.75) is 25.3 Å². The lowest BCUT2D eigenvalue weighted by atomic mass is 10.0. The summed E-state index contributed by atoms with van der Waals surface area (Å²) >= 11 is 1.07. The normalized spacial score (nSPS) is 19.8. The summed E-state index contributed by atoms with van der Waals surface area (Å²) in [6.45, 7) is 1.18. The van der Waals surface area contributed by atoms with Gasteiger partial charge in [0, 0.05) is 31.5 Å². The number of hydrogen-bond donors (Lipinski definition) is 0. The third-order valence-corrected chi connectivity index (χ3v) is 4.88. The molecule has 2 aliphatic heterocycles. The van der Waals surface area contributed by atoms with Gasteiger partial charge in [-0.3, -0.25) is 24.3 Å². The zero-order chi connectivity index (χ0) is 15.5. The lowest BCUT2D eigenvalue weighted by Gasteiger charge is -2.35. The molecule has 0 spiro atoms. The van der Waals surface area contributed by atoms with E-state index in [0.29, 0.717) is 32.4 Å². The largest absolute Gasteiger partial charge is 0.342 e. The highest BCUT2D eigenvalue weighted by Crippen LogP contribution is 2.26. The van der Waals surface area contributed by atoms with E-state index >= 15 is 0 Å². The summed E-state index contributed by atoms with van der Waals surface area (Å²) in [7, 11) is 0. The van der Waals surface area contributed by atoms with Gasteiger partial charge in [-0.2, -0.15) is 0 Å². The van der Waals surface area contributed by atoms with Crippen LogP contribution in [0.25, 0.3) is 0 Å². The lowest BCUT2D eigenvalue weighted by Crippen LogP contribution is -2.48. The zero-order valence-corrected chi connectivity index (χ0v) is 12.9. The van der Waals surface area contributed by atoms with Crippen LogP contribution in [-0.4, -0.2) is 56.7 Å². The van der Waals surface area contributed by atoms with Crippen LogP contribution in [-0.2, 0) is 16.0 Å². The highest BCUT2D eigenvalue weighted by molar-refractivity contribution is 8.14. The molecule has 3 heterocycles. The molecule has 0 aromatic carbocycles. The minimum atomic E-state index is -0.148. The van der Waals surface area contributed by atoms with E-state index in [-0.39, 0.29) is 28.8 Å². The fraction of sp³-hybridized carbons (Fsp3) is 0.467. The molecular weight excluding hydrogens is 302 g/mol. The summed E-state index contributed by atoms with van der Waals surface area (Å²) in [5, 5.41) is -0.148. The summed E-state index contributed by atoms with van der Waals surface area (Å²) in [5.74, 6) is 0.217. The van der Waals surface area contributed by atoms with Crippen LogP contribution >= 0.6 is 11.8 Å². The van der Waals surface area contributed by atoms with Crippen molar-refractivity contribution in [1.29, 1.82) is 0 Å². The van der Waals surface area contributed by atoms with Crippen molar-refractivity contribution in [2.24, 2.45) is 0 Å². The summed E-state index contributed by atoms with van der Waals surface area (Å²) in [4.78, 5) is 42.9. The summed E-state index contributed by atoms with van der Waals surface area (Å²) in [5.41, 5.74) is 0.899. The monoisotopic (exact) mass is 319 g/mol. The molecule has 0 saturated carbocycles. The number of hydrogen-bond acceptors (Lipinski definition) is 5. The van der Waals surface area contributed by atoms with E-state index < -0.39 is 0 Å². The standard InChI is InChI=1S/C15H17N3O3S/c19-13(8-11-2-1-5-16-9-11)17-6-3-12(4-7-17)18-14(20)10-22-15(18)21/h1-2,5,9,12H,3-4,6-8,10H2. The Morgan fingerprint density at radius 3 is 2.68 bits per heavy atom. The highest BCUT2D eigenvalue weighted by atomic mass is 32.2. The fourth-order valence-electron chi connectivity index (χ4n) is 2.88. The van der Waals surface area contributed by atoms with Gasteiger partial charge in [-0.05, 0) is 24.5 Å². The molecule has 2 fully saturated rings. The second-order valence-corrected chi connectivity index (χ2v) is 6.39. The van der Waals surface area contributed by atoms with Gasteiger partial charge in [0.25, 0.3) is 5.24 Å². The van der Waals surface area contributed by atoms with E-state index in [9.17, 15) is 14.4 Å². The number of amides is 3. The molecule has 22 heavy (non-hydrogen) atoms. The molecular formula is C15H17N3O3S. The molecule has 3 amide bonds. The quantitative estimate of drug-likeness (QED) is 0.840. The molecule has 0 N–H and O–H groups in total. The predicted octanol–water partition coefficient (Wildman–Crippen LogP) is 1.31. The average molecular weight is 319 g/mol. The summed E-state index contributed by atoms with van der Waals surface area (Å²) in [6.07, 6.45) is 5.05. The number of aromatic nitrogens is 1. The van der Waals surface area contributed by atoms with Crippen LogP contribution in [0.1, 0.15) is 18.4 Å². The number of carbonyl (C=O) groups excluding carboxylic acids is 3. The van der Waals surface area contributed by atoms with Crippen LogP contribution in [0.15, 0.2) is 24.5 Å². The van der Waals surface area contributed by atoms with Crippen LogP contribution in [0, 0.1) is 0 Å². The van der Waals surface area contributed by atoms with E-state index in [1.807, 2.05) is 17.0 Å². The molecule has 2 saturated heterocycles. The third kappa shape index (κ3) is 3.14. The number of rotatable bonds is 3. The van der Waals surface area contributed by atoms with Crippen LogP contribution in [0.4, 0.5) is 4.79 Å². The van der Waals surface area contributed by atoms with Crippen molar-refractivity contribution in [2.75, 3.05) is 18.8 Å². The van der Waals surface area contributed by atoms with Gasteiger partial charge < -0.3 is 4.90 Å². The molecule has 0 radical (unpaired) electrons. The molecule has 2 aliphatic rings. The Morgan fingerprint density at radius 1 is 1.32 bits per heavy atom. The first kappa shape index (κ1) is 15.0. The summed E-state index contributed by atoms with van der Waals surface area (Å²) in [6, 6.07) is 3.64. The van der Waals surface area contributed by atoms with Gasteiger partial charge in [0.1, 0.15) is 0 Å². The minimum absolute atomic E-state index is 0.0579. The lowest BCUT2D eigenvalue weighted by molar-refractivity contribution is -0.132. The first-order chi connectivity index (χ1) is 10.6. The first-order valence-corrected chi connectivity index (χ1v) is 8.29. The van der Waals surface area contributed by atoms with E-state index in [1.165, 1.54) is 4.90 Å². The Kier molecular flexibility index (Phi) is 4.42. The van der Waals surface area contributed by atoms with Gasteiger partial charge in [-0.1, -0.05) is 17.8 Å². The third-order valence-electron chi connectivity index (χ3n) is 4.04. The van der Waals surface area contributed by atoms with Gasteiger partial charge in [0.05, 0.1) is 12.2 Å². The van der Waals surface area contributed by atoms with Gasteiger partial charge in [0.15, 0.2) is 0 Å². The predicted molar refractivity (Wildman–Crippen MR) is 82.2 cm³/mol. The Balaban J connectivity index is 1.54. The molecule has 0 atom stereocenters. The zero-order valence-electron chi connectivity index (χ0n) is 12.1. The molecule has 0 aliphatic carbocycles. The molecule has 1 aromatic heterocycles. The smallest absolute Gasteiger partial charge is 0.289 e. The van der Waals surface area contributed by atoms with Crippen LogP contribution in [0.3, 0.4) is 0 Å². The van der Waals surface area contributed by atoms with Crippen LogP contribution in [0.5, 0.6) is 0 Å². The van der Waals surface area contributed by atoms with E-state index in [1.54, 1.807) is 12.4 Å². The minimum Gasteiger partial charge on any atom is -0.342 e. The molecule has 0 unspecified atom stereocenters. The summed E-state index contributed by atoms with van der Waals surface area (Å²) < 4.78 is 0. The van der Waals surface area contributed by atoms with Crippen molar-refractivity contribution in [3.63, 3.8) is 0 Å². The number of thioether (sulfide) groups is 1. The second kappa shape index (κ2) is 6.48. The number of imide groups is 1. The van der Waals surface area contributed by atoms with E-state index in [4.69, 9.17) is 0 Å². The SMILES string of the molecule is O=C(Cc1cccnc1)N1CCC(N2C(=O)CSC2=O)CC1. The van der Waals surface area contributed by atoms with Gasteiger partial charge in [0.2, 0.25) is 11.8 Å². The van der Waals surface area contributed by atoms with Crippen molar-refractivity contribution < 1.29 is 14.4 Å². The molecule has 1 aromatic rings. The first-order valence-electron chi connectivity index (χ1n) is 7.30. The number of likely N-dealkylation sites (tertiary alicyclic amines) is 1. The Labute approximate surface area is 132 Å². The van der Waals surface area contributed by atoms with Crippen LogP contribution < -0.4 is 0 Å². The molecule has 116 valence electrons. The number of carbonyl (C=O) groups is 3. The highest BCUT2D eigenvalue weighted by Gasteiger charge is 2.37. The maximum absolute atomic E-state index is 12.3. The van der Waals surface area contributed by atoms with Crippen molar-refractivity contribution in [1.82, 2.24) is 14.8 Å².